The van der Waals surface area contributed by atoms with Crippen LogP contribution in [0.25, 0.3) is 0 Å². The van der Waals surface area contributed by atoms with Crippen LogP contribution < -0.4 is 10.0 Å². The largest absolute Gasteiger partial charge is 0.315 e. The van der Waals surface area contributed by atoms with Gasteiger partial charge in [-0.2, -0.15) is 4.31 Å². The molecular weight excluding hydrogens is 333 g/mol. The summed E-state index contributed by atoms with van der Waals surface area (Å²) in [5, 5.41) is 3.07. The lowest BCUT2D eigenvalue weighted by Crippen LogP contribution is -2.38. The molecule has 7 nitrogen and oxygen atoms in total. The Morgan fingerprint density at radius 3 is 2.50 bits per heavy atom. The fourth-order valence-electron chi connectivity index (χ4n) is 2.25. The van der Waals surface area contributed by atoms with E-state index in [0.29, 0.717) is 13.0 Å². The van der Waals surface area contributed by atoms with Crippen molar-refractivity contribution in [1.29, 1.82) is 0 Å². The molecule has 0 bridgehead atoms. The number of anilines is 1. The lowest BCUT2D eigenvalue weighted by atomic mass is 10.3. The van der Waals surface area contributed by atoms with Crippen LogP contribution in [0.3, 0.4) is 0 Å². The molecular formula is C12H18FN3O4S2. The number of nitrogens with zero attached hydrogens (tertiary/aromatic N) is 1. The van der Waals surface area contributed by atoms with Crippen molar-refractivity contribution < 1.29 is 21.2 Å². The first-order valence-electron chi connectivity index (χ1n) is 6.57. The van der Waals surface area contributed by atoms with E-state index >= 15 is 0 Å². The summed E-state index contributed by atoms with van der Waals surface area (Å²) in [7, 11) is -6.01. The fraction of sp³-hybridized carbons (Fsp3) is 0.500. The van der Waals surface area contributed by atoms with E-state index in [9.17, 15) is 21.2 Å². The SMILES string of the molecule is CN(C1CCNC1)S(=O)(=O)c1ccc(NS(C)(=O)=O)c(F)c1. The molecule has 1 aliphatic rings. The Morgan fingerprint density at radius 1 is 1.32 bits per heavy atom. The minimum absolute atomic E-state index is 0.179. The molecule has 0 spiro atoms. The molecule has 1 atom stereocenters. The van der Waals surface area contributed by atoms with Crippen LogP contribution in [0.1, 0.15) is 6.42 Å². The molecule has 1 heterocycles. The molecule has 0 aromatic heterocycles. The molecule has 10 heteroatoms. The van der Waals surface area contributed by atoms with E-state index in [1.54, 1.807) is 0 Å². The molecule has 1 aromatic carbocycles. The van der Waals surface area contributed by atoms with E-state index in [1.165, 1.54) is 17.4 Å². The van der Waals surface area contributed by atoms with Gasteiger partial charge in [0.1, 0.15) is 5.82 Å². The minimum Gasteiger partial charge on any atom is -0.315 e. The van der Waals surface area contributed by atoms with Crippen molar-refractivity contribution in [2.45, 2.75) is 17.4 Å². The van der Waals surface area contributed by atoms with Crippen LogP contribution in [0, 0.1) is 5.82 Å². The molecule has 2 N–H and O–H groups in total. The highest BCUT2D eigenvalue weighted by atomic mass is 32.2. The van der Waals surface area contributed by atoms with Crippen molar-refractivity contribution in [3.8, 4) is 0 Å². The van der Waals surface area contributed by atoms with Gasteiger partial charge in [-0.3, -0.25) is 4.72 Å². The zero-order valence-electron chi connectivity index (χ0n) is 12.2. The Morgan fingerprint density at radius 2 is 2.00 bits per heavy atom. The van der Waals surface area contributed by atoms with Crippen molar-refractivity contribution in [2.24, 2.45) is 0 Å². The Hall–Kier alpha value is -1.23. The maximum atomic E-state index is 13.9. The summed E-state index contributed by atoms with van der Waals surface area (Å²) >= 11 is 0. The molecule has 1 aliphatic heterocycles. The number of sulfonamides is 2. The number of likely N-dealkylation sites (N-methyl/N-ethyl adjacent to an activating group) is 1. The Balaban J connectivity index is 2.30. The van der Waals surface area contributed by atoms with Gasteiger partial charge in [0.05, 0.1) is 16.8 Å². The molecule has 22 heavy (non-hydrogen) atoms. The number of rotatable bonds is 5. The average molecular weight is 351 g/mol. The van der Waals surface area contributed by atoms with Crippen molar-refractivity contribution in [3.05, 3.63) is 24.0 Å². The summed E-state index contributed by atoms with van der Waals surface area (Å²) in [6.45, 7) is 1.28. The highest BCUT2D eigenvalue weighted by Gasteiger charge is 2.30. The maximum absolute atomic E-state index is 13.9. The molecule has 1 aromatic rings. The summed E-state index contributed by atoms with van der Waals surface area (Å²) in [5.41, 5.74) is -0.286. The Bertz CT molecular complexity index is 759. The van der Waals surface area contributed by atoms with Gasteiger partial charge >= 0.3 is 0 Å². The normalized spacial score (nSPS) is 19.5. The number of halogens is 1. The molecule has 0 amide bonds. The molecule has 1 unspecified atom stereocenters. The fourth-order valence-corrected chi connectivity index (χ4v) is 4.21. The standard InChI is InChI=1S/C12H18FN3O4S2/c1-16(9-5-6-14-8-9)22(19,20)10-3-4-12(11(13)7-10)15-21(2,17)18/h3-4,7,9,14-15H,5-6,8H2,1-2H3. The number of hydrogen-bond donors (Lipinski definition) is 2. The van der Waals surface area contributed by atoms with Gasteiger partial charge in [-0.05, 0) is 31.2 Å². The first kappa shape index (κ1) is 17.1. The van der Waals surface area contributed by atoms with Gasteiger partial charge in [0.15, 0.2) is 0 Å². The van der Waals surface area contributed by atoms with Gasteiger partial charge in [0.2, 0.25) is 20.0 Å². The topological polar surface area (TPSA) is 95.6 Å². The third-order valence-corrected chi connectivity index (χ3v) is 5.96. The second-order valence-corrected chi connectivity index (χ2v) is 8.93. The summed E-state index contributed by atoms with van der Waals surface area (Å²) in [5.74, 6) is -0.940. The van der Waals surface area contributed by atoms with Gasteiger partial charge in [-0.25, -0.2) is 21.2 Å². The zero-order chi connectivity index (χ0) is 16.5. The highest BCUT2D eigenvalue weighted by molar-refractivity contribution is 7.92. The highest BCUT2D eigenvalue weighted by Crippen LogP contribution is 2.24. The van der Waals surface area contributed by atoms with Crippen LogP contribution in [-0.2, 0) is 20.0 Å². The Labute approximate surface area is 129 Å². The van der Waals surface area contributed by atoms with Crippen molar-refractivity contribution in [3.63, 3.8) is 0 Å². The van der Waals surface area contributed by atoms with E-state index in [-0.39, 0.29) is 16.6 Å². The summed E-state index contributed by atoms with van der Waals surface area (Å²) < 4.78 is 64.3. The number of hydrogen-bond acceptors (Lipinski definition) is 5. The third-order valence-electron chi connectivity index (χ3n) is 3.46. The summed E-state index contributed by atoms with van der Waals surface area (Å²) in [4.78, 5) is -0.210. The zero-order valence-corrected chi connectivity index (χ0v) is 13.8. The lowest BCUT2D eigenvalue weighted by molar-refractivity contribution is 0.387. The average Bonchev–Trinajstić information content (AvgIpc) is 2.92. The second-order valence-electron chi connectivity index (χ2n) is 5.18. The molecule has 1 saturated heterocycles. The first-order chi connectivity index (χ1) is 10.1. The van der Waals surface area contributed by atoms with Crippen LogP contribution in [0.4, 0.5) is 10.1 Å². The van der Waals surface area contributed by atoms with Crippen LogP contribution in [0.2, 0.25) is 0 Å². The number of nitrogens with one attached hydrogen (secondary N) is 2. The van der Waals surface area contributed by atoms with Crippen LogP contribution in [0.15, 0.2) is 23.1 Å². The van der Waals surface area contributed by atoms with Gasteiger partial charge in [0, 0.05) is 19.6 Å². The van der Waals surface area contributed by atoms with Crippen molar-refractivity contribution in [1.82, 2.24) is 9.62 Å². The minimum atomic E-state index is -3.83. The lowest BCUT2D eigenvalue weighted by Gasteiger charge is -2.23. The van der Waals surface area contributed by atoms with Crippen LogP contribution >= 0.6 is 0 Å². The van der Waals surface area contributed by atoms with E-state index in [4.69, 9.17) is 0 Å². The predicted molar refractivity (Wildman–Crippen MR) is 81.1 cm³/mol. The molecule has 2 rings (SSSR count). The van der Waals surface area contributed by atoms with Gasteiger partial charge in [0.25, 0.3) is 0 Å². The molecule has 1 fully saturated rings. The smallest absolute Gasteiger partial charge is 0.243 e. The summed E-state index contributed by atoms with van der Waals surface area (Å²) in [6.07, 6.45) is 1.57. The van der Waals surface area contributed by atoms with Crippen molar-refractivity contribution >= 4 is 25.7 Å². The van der Waals surface area contributed by atoms with Crippen LogP contribution in [-0.4, -0.2) is 53.6 Å². The monoisotopic (exact) mass is 351 g/mol. The third kappa shape index (κ3) is 3.75. The van der Waals surface area contributed by atoms with Gasteiger partial charge in [-0.1, -0.05) is 0 Å². The molecule has 0 aliphatic carbocycles. The van der Waals surface area contributed by atoms with Crippen LogP contribution in [0.5, 0.6) is 0 Å². The second kappa shape index (κ2) is 6.11. The van der Waals surface area contributed by atoms with E-state index < -0.39 is 25.9 Å². The van der Waals surface area contributed by atoms with Crippen molar-refractivity contribution in [2.75, 3.05) is 31.1 Å². The van der Waals surface area contributed by atoms with Gasteiger partial charge < -0.3 is 5.32 Å². The Kier molecular flexibility index (Phi) is 4.76. The molecule has 0 saturated carbocycles. The van der Waals surface area contributed by atoms with E-state index in [1.807, 2.05) is 4.72 Å². The predicted octanol–water partition coefficient (Wildman–Crippen LogP) is 0.180. The molecule has 0 radical (unpaired) electrons. The van der Waals surface area contributed by atoms with E-state index in [2.05, 4.69) is 5.32 Å². The quantitative estimate of drug-likeness (QED) is 0.789. The summed E-state index contributed by atoms with van der Waals surface area (Å²) in [6, 6.07) is 2.93. The molecule has 124 valence electrons. The van der Waals surface area contributed by atoms with Gasteiger partial charge in [-0.15, -0.1) is 0 Å². The maximum Gasteiger partial charge on any atom is 0.243 e. The first-order valence-corrected chi connectivity index (χ1v) is 9.90. The number of benzene rings is 1. The van der Waals surface area contributed by atoms with E-state index in [0.717, 1.165) is 24.9 Å².